The van der Waals surface area contributed by atoms with E-state index in [4.69, 9.17) is 23.2 Å². The van der Waals surface area contributed by atoms with Crippen LogP contribution in [0.25, 0.3) is 0 Å². The van der Waals surface area contributed by atoms with Gasteiger partial charge < -0.3 is 5.32 Å². The van der Waals surface area contributed by atoms with E-state index >= 15 is 0 Å². The SMILES string of the molecule is CNC(c1ccc2c(c1)CCCC2)c1cc(Cl)sc1Cl. The van der Waals surface area contributed by atoms with Crippen LogP contribution < -0.4 is 5.32 Å². The summed E-state index contributed by atoms with van der Waals surface area (Å²) in [5, 5.41) is 3.36. The molecule has 20 heavy (non-hydrogen) atoms. The lowest BCUT2D eigenvalue weighted by Gasteiger charge is -2.21. The highest BCUT2D eigenvalue weighted by Crippen LogP contribution is 2.38. The molecule has 0 saturated heterocycles. The molecule has 0 radical (unpaired) electrons. The molecule has 1 aromatic carbocycles. The highest BCUT2D eigenvalue weighted by Gasteiger charge is 2.19. The largest absolute Gasteiger partial charge is 0.309 e. The lowest BCUT2D eigenvalue weighted by atomic mass is 9.88. The quantitative estimate of drug-likeness (QED) is 0.813. The Bertz CT molecular complexity index is 621. The van der Waals surface area contributed by atoms with Crippen LogP contribution in [-0.2, 0) is 12.8 Å². The molecule has 1 aliphatic rings. The Morgan fingerprint density at radius 2 is 1.85 bits per heavy atom. The average molecular weight is 326 g/mol. The van der Waals surface area contributed by atoms with Gasteiger partial charge in [0.1, 0.15) is 0 Å². The van der Waals surface area contributed by atoms with E-state index in [1.807, 2.05) is 13.1 Å². The van der Waals surface area contributed by atoms with Crippen molar-refractivity contribution in [2.24, 2.45) is 0 Å². The number of thiophene rings is 1. The van der Waals surface area contributed by atoms with Gasteiger partial charge in [-0.1, -0.05) is 41.4 Å². The summed E-state index contributed by atoms with van der Waals surface area (Å²) < 4.78 is 1.51. The predicted molar refractivity (Wildman–Crippen MR) is 88.3 cm³/mol. The lowest BCUT2D eigenvalue weighted by molar-refractivity contribution is 0.669. The Kier molecular flexibility index (Phi) is 4.37. The zero-order valence-electron chi connectivity index (χ0n) is 11.4. The number of benzene rings is 1. The van der Waals surface area contributed by atoms with E-state index in [1.54, 1.807) is 0 Å². The first-order valence-corrected chi connectivity index (χ1v) is 8.50. The predicted octanol–water partition coefficient (Wildman–Crippen LogP) is 5.24. The molecule has 2 aromatic rings. The summed E-state index contributed by atoms with van der Waals surface area (Å²) in [6, 6.07) is 8.90. The summed E-state index contributed by atoms with van der Waals surface area (Å²) in [7, 11) is 1.96. The molecule has 1 N–H and O–H groups in total. The summed E-state index contributed by atoms with van der Waals surface area (Å²) in [4.78, 5) is 0. The maximum Gasteiger partial charge on any atom is 0.0995 e. The number of nitrogens with one attached hydrogen (secondary N) is 1. The molecular weight excluding hydrogens is 309 g/mol. The minimum atomic E-state index is 0.110. The van der Waals surface area contributed by atoms with Crippen molar-refractivity contribution in [2.45, 2.75) is 31.7 Å². The number of fused-ring (bicyclic) bond motifs is 1. The summed E-state index contributed by atoms with van der Waals surface area (Å²) in [5.74, 6) is 0. The van der Waals surface area contributed by atoms with Crippen LogP contribution >= 0.6 is 34.5 Å². The van der Waals surface area contributed by atoms with E-state index in [2.05, 4.69) is 23.5 Å². The fourth-order valence-electron chi connectivity index (χ4n) is 2.98. The normalized spacial score (nSPS) is 15.9. The summed E-state index contributed by atoms with van der Waals surface area (Å²) in [6.45, 7) is 0. The van der Waals surface area contributed by atoms with Crippen molar-refractivity contribution in [3.63, 3.8) is 0 Å². The Labute approximate surface area is 133 Å². The van der Waals surface area contributed by atoms with Crippen LogP contribution in [-0.4, -0.2) is 7.05 Å². The van der Waals surface area contributed by atoms with Crippen molar-refractivity contribution < 1.29 is 0 Å². The minimum absolute atomic E-state index is 0.110. The van der Waals surface area contributed by atoms with Crippen molar-refractivity contribution in [1.82, 2.24) is 5.32 Å². The standard InChI is InChI=1S/C16H17Cl2NS/c1-19-15(13-9-14(17)20-16(13)18)12-7-6-10-4-2-3-5-11(10)8-12/h6-9,15,19H,2-5H2,1H3. The molecule has 3 rings (SSSR count). The highest BCUT2D eigenvalue weighted by molar-refractivity contribution is 7.20. The van der Waals surface area contributed by atoms with E-state index in [1.165, 1.54) is 53.7 Å². The van der Waals surface area contributed by atoms with Gasteiger partial charge in [-0.25, -0.2) is 0 Å². The maximum atomic E-state index is 6.31. The van der Waals surface area contributed by atoms with Gasteiger partial charge in [-0.05, 0) is 55.5 Å². The van der Waals surface area contributed by atoms with Crippen LogP contribution in [0.1, 0.15) is 41.1 Å². The monoisotopic (exact) mass is 325 g/mol. The Hall–Kier alpha value is -0.540. The summed E-state index contributed by atoms with van der Waals surface area (Å²) in [6.07, 6.45) is 5.02. The van der Waals surface area contributed by atoms with Gasteiger partial charge in [0.25, 0.3) is 0 Å². The van der Waals surface area contributed by atoms with E-state index in [-0.39, 0.29) is 6.04 Å². The summed E-state index contributed by atoms with van der Waals surface area (Å²) >= 11 is 13.8. The van der Waals surface area contributed by atoms with Crippen molar-refractivity contribution >= 4 is 34.5 Å². The molecule has 4 heteroatoms. The number of aryl methyl sites for hydroxylation is 2. The molecule has 0 fully saturated rings. The van der Waals surface area contributed by atoms with Crippen LogP contribution in [0, 0.1) is 0 Å². The van der Waals surface area contributed by atoms with Crippen LogP contribution in [0.2, 0.25) is 8.67 Å². The molecule has 1 aliphatic carbocycles. The minimum Gasteiger partial charge on any atom is -0.309 e. The Balaban J connectivity index is 1.99. The molecule has 1 atom stereocenters. The Morgan fingerprint density at radius 3 is 2.50 bits per heavy atom. The van der Waals surface area contributed by atoms with Gasteiger partial charge >= 0.3 is 0 Å². The second kappa shape index (κ2) is 6.07. The summed E-state index contributed by atoms with van der Waals surface area (Å²) in [5.41, 5.74) is 5.33. The van der Waals surface area contributed by atoms with Crippen molar-refractivity contribution in [2.75, 3.05) is 7.05 Å². The van der Waals surface area contributed by atoms with Crippen LogP contribution in [0.5, 0.6) is 0 Å². The third kappa shape index (κ3) is 2.75. The molecule has 0 saturated carbocycles. The number of hydrogen-bond donors (Lipinski definition) is 1. The number of hydrogen-bond acceptors (Lipinski definition) is 2. The molecule has 1 unspecified atom stereocenters. The van der Waals surface area contributed by atoms with Gasteiger partial charge in [-0.15, -0.1) is 11.3 Å². The third-order valence-electron chi connectivity index (χ3n) is 3.99. The van der Waals surface area contributed by atoms with E-state index in [0.29, 0.717) is 0 Å². The molecule has 0 bridgehead atoms. The fraction of sp³-hybridized carbons (Fsp3) is 0.375. The van der Waals surface area contributed by atoms with Gasteiger partial charge in [-0.3, -0.25) is 0 Å². The van der Waals surface area contributed by atoms with Gasteiger partial charge in [0.15, 0.2) is 0 Å². The van der Waals surface area contributed by atoms with Gasteiger partial charge in [0.2, 0.25) is 0 Å². The highest BCUT2D eigenvalue weighted by atomic mass is 35.5. The Morgan fingerprint density at radius 1 is 1.10 bits per heavy atom. The van der Waals surface area contributed by atoms with Gasteiger partial charge in [-0.2, -0.15) is 0 Å². The number of rotatable bonds is 3. The lowest BCUT2D eigenvalue weighted by Crippen LogP contribution is -2.18. The molecule has 0 amide bonds. The van der Waals surface area contributed by atoms with Crippen molar-refractivity contribution in [3.8, 4) is 0 Å². The average Bonchev–Trinajstić information content (AvgIpc) is 2.78. The smallest absolute Gasteiger partial charge is 0.0995 e. The molecular formula is C16H17Cl2NS. The molecule has 0 spiro atoms. The maximum absolute atomic E-state index is 6.31. The third-order valence-corrected chi connectivity index (χ3v) is 5.51. The molecule has 1 aromatic heterocycles. The second-order valence-corrected chi connectivity index (χ2v) is 7.52. The van der Waals surface area contributed by atoms with Gasteiger partial charge in [0.05, 0.1) is 14.7 Å². The van der Waals surface area contributed by atoms with E-state index < -0.39 is 0 Å². The second-order valence-electron chi connectivity index (χ2n) is 5.24. The number of halogens is 2. The zero-order chi connectivity index (χ0) is 14.1. The fourth-order valence-corrected chi connectivity index (χ4v) is 4.52. The van der Waals surface area contributed by atoms with Crippen LogP contribution in [0.3, 0.4) is 0 Å². The van der Waals surface area contributed by atoms with Crippen LogP contribution in [0.4, 0.5) is 0 Å². The van der Waals surface area contributed by atoms with E-state index in [9.17, 15) is 0 Å². The van der Waals surface area contributed by atoms with Gasteiger partial charge in [0, 0.05) is 5.56 Å². The van der Waals surface area contributed by atoms with Crippen molar-refractivity contribution in [1.29, 1.82) is 0 Å². The topological polar surface area (TPSA) is 12.0 Å². The first kappa shape index (κ1) is 14.4. The molecule has 1 nitrogen and oxygen atoms in total. The van der Waals surface area contributed by atoms with Crippen molar-refractivity contribution in [3.05, 3.63) is 55.2 Å². The zero-order valence-corrected chi connectivity index (χ0v) is 13.7. The van der Waals surface area contributed by atoms with E-state index in [0.717, 1.165) is 14.2 Å². The molecule has 106 valence electrons. The molecule has 1 heterocycles. The first-order valence-electron chi connectivity index (χ1n) is 6.92. The first-order chi connectivity index (χ1) is 9.69. The van der Waals surface area contributed by atoms with Crippen LogP contribution in [0.15, 0.2) is 24.3 Å². The molecule has 0 aliphatic heterocycles.